The molecule has 0 spiro atoms. The smallest absolute Gasteiger partial charge is 0.318 e. The fourth-order valence-corrected chi connectivity index (χ4v) is 2.13. The molecular formula is C13H16BrNO3. The van der Waals surface area contributed by atoms with Crippen LogP contribution >= 0.6 is 15.9 Å². The topological polar surface area (TPSA) is 47.6 Å². The third kappa shape index (κ3) is 2.52. The lowest BCUT2D eigenvalue weighted by Gasteiger charge is -2.38. The maximum atomic E-state index is 11.7. The molecule has 5 heteroatoms. The highest BCUT2D eigenvalue weighted by atomic mass is 79.9. The van der Waals surface area contributed by atoms with Crippen LogP contribution in [0.15, 0.2) is 22.7 Å². The number of halogens is 1. The fraction of sp³-hybridized carbons (Fsp3) is 0.462. The van der Waals surface area contributed by atoms with Crippen LogP contribution in [0.25, 0.3) is 0 Å². The Morgan fingerprint density at radius 3 is 2.78 bits per heavy atom. The van der Waals surface area contributed by atoms with Gasteiger partial charge in [0.15, 0.2) is 0 Å². The van der Waals surface area contributed by atoms with Gasteiger partial charge in [0.05, 0.1) is 20.3 Å². The normalized spacial score (nSPS) is 16.8. The molecule has 1 aromatic rings. The van der Waals surface area contributed by atoms with Crippen molar-refractivity contribution in [2.24, 2.45) is 5.41 Å². The molecule has 0 saturated carbocycles. The lowest BCUT2D eigenvalue weighted by atomic mass is 9.86. The van der Waals surface area contributed by atoms with Crippen LogP contribution < -0.4 is 5.32 Å². The second-order valence-electron chi connectivity index (χ2n) is 4.58. The number of rotatable bonds is 4. The predicted octanol–water partition coefficient (Wildman–Crippen LogP) is 2.36. The zero-order valence-corrected chi connectivity index (χ0v) is 12.0. The zero-order valence-electron chi connectivity index (χ0n) is 10.5. The maximum absolute atomic E-state index is 11.7. The standard InChI is InChI=1S/C13H16BrNO3/c1-9-5-10(3-4-11(9)14)15-6-13(7-18-8-13)12(16)17-2/h3-5,15H,6-8H2,1-2H3. The van der Waals surface area contributed by atoms with E-state index in [0.717, 1.165) is 15.7 Å². The van der Waals surface area contributed by atoms with Crippen LogP contribution in [0.1, 0.15) is 5.56 Å². The molecule has 18 heavy (non-hydrogen) atoms. The Labute approximate surface area is 115 Å². The van der Waals surface area contributed by atoms with E-state index in [2.05, 4.69) is 21.2 Å². The molecule has 0 amide bonds. The third-order valence-electron chi connectivity index (χ3n) is 3.16. The predicted molar refractivity (Wildman–Crippen MR) is 72.6 cm³/mol. The summed E-state index contributed by atoms with van der Waals surface area (Å²) in [6.45, 7) is 3.39. The molecule has 0 radical (unpaired) electrons. The molecule has 4 nitrogen and oxygen atoms in total. The highest BCUT2D eigenvalue weighted by molar-refractivity contribution is 9.10. The summed E-state index contributed by atoms with van der Waals surface area (Å²) in [5.41, 5.74) is 1.61. The van der Waals surface area contributed by atoms with Gasteiger partial charge in [-0.05, 0) is 30.7 Å². The summed E-state index contributed by atoms with van der Waals surface area (Å²) in [7, 11) is 1.41. The Bertz CT molecular complexity index is 458. The van der Waals surface area contributed by atoms with E-state index in [4.69, 9.17) is 9.47 Å². The first-order chi connectivity index (χ1) is 8.57. The highest BCUT2D eigenvalue weighted by Crippen LogP contribution is 2.30. The van der Waals surface area contributed by atoms with E-state index in [1.165, 1.54) is 7.11 Å². The number of carbonyl (C=O) groups excluding carboxylic acids is 1. The monoisotopic (exact) mass is 313 g/mol. The van der Waals surface area contributed by atoms with Gasteiger partial charge in [0, 0.05) is 16.7 Å². The van der Waals surface area contributed by atoms with Crippen molar-refractivity contribution < 1.29 is 14.3 Å². The van der Waals surface area contributed by atoms with Gasteiger partial charge in [0.1, 0.15) is 5.41 Å². The van der Waals surface area contributed by atoms with Crippen LogP contribution in [0.3, 0.4) is 0 Å². The van der Waals surface area contributed by atoms with Crippen molar-refractivity contribution in [3.05, 3.63) is 28.2 Å². The SMILES string of the molecule is COC(=O)C1(CNc2ccc(Br)c(C)c2)COC1. The van der Waals surface area contributed by atoms with Crippen molar-refractivity contribution in [3.8, 4) is 0 Å². The van der Waals surface area contributed by atoms with Crippen LogP contribution in [0, 0.1) is 12.3 Å². The molecule has 1 aliphatic rings. The van der Waals surface area contributed by atoms with Gasteiger partial charge in [-0.1, -0.05) is 15.9 Å². The minimum atomic E-state index is -0.532. The Kier molecular flexibility index (Phi) is 3.92. The first kappa shape index (κ1) is 13.4. The van der Waals surface area contributed by atoms with Crippen molar-refractivity contribution in [2.45, 2.75) is 6.92 Å². The van der Waals surface area contributed by atoms with Gasteiger partial charge in [-0.25, -0.2) is 0 Å². The lowest BCUT2D eigenvalue weighted by molar-refractivity contribution is -0.180. The average Bonchev–Trinajstić information content (AvgIpc) is 2.31. The van der Waals surface area contributed by atoms with Crippen LogP contribution in [-0.4, -0.2) is 32.8 Å². The van der Waals surface area contributed by atoms with Crippen molar-refractivity contribution in [1.29, 1.82) is 0 Å². The number of nitrogens with one attached hydrogen (secondary N) is 1. The summed E-state index contributed by atoms with van der Waals surface area (Å²) in [5, 5.41) is 3.27. The summed E-state index contributed by atoms with van der Waals surface area (Å²) >= 11 is 3.46. The van der Waals surface area contributed by atoms with Crippen LogP contribution in [0.5, 0.6) is 0 Å². The number of hydrogen-bond donors (Lipinski definition) is 1. The molecule has 0 atom stereocenters. The molecule has 1 heterocycles. The third-order valence-corrected chi connectivity index (χ3v) is 4.05. The van der Waals surface area contributed by atoms with Gasteiger partial charge in [-0.3, -0.25) is 4.79 Å². The van der Waals surface area contributed by atoms with E-state index in [-0.39, 0.29) is 5.97 Å². The van der Waals surface area contributed by atoms with E-state index in [0.29, 0.717) is 19.8 Å². The van der Waals surface area contributed by atoms with Crippen LogP contribution in [0.4, 0.5) is 5.69 Å². The number of aryl methyl sites for hydroxylation is 1. The fourth-order valence-electron chi connectivity index (χ4n) is 1.88. The van der Waals surface area contributed by atoms with Gasteiger partial charge in [-0.2, -0.15) is 0 Å². The first-order valence-corrected chi connectivity index (χ1v) is 6.53. The minimum absolute atomic E-state index is 0.213. The number of benzene rings is 1. The number of hydrogen-bond acceptors (Lipinski definition) is 4. The molecule has 0 aliphatic carbocycles. The molecule has 98 valence electrons. The van der Waals surface area contributed by atoms with E-state index < -0.39 is 5.41 Å². The van der Waals surface area contributed by atoms with Gasteiger partial charge in [-0.15, -0.1) is 0 Å². The van der Waals surface area contributed by atoms with E-state index in [1.807, 2.05) is 25.1 Å². The largest absolute Gasteiger partial charge is 0.468 e. The summed E-state index contributed by atoms with van der Waals surface area (Å²) in [6, 6.07) is 6.00. The average molecular weight is 314 g/mol. The van der Waals surface area contributed by atoms with Crippen LogP contribution in [0.2, 0.25) is 0 Å². The first-order valence-electron chi connectivity index (χ1n) is 5.74. The molecular weight excluding hydrogens is 298 g/mol. The molecule has 1 N–H and O–H groups in total. The molecule has 1 aliphatic heterocycles. The van der Waals surface area contributed by atoms with E-state index in [1.54, 1.807) is 0 Å². The summed E-state index contributed by atoms with van der Waals surface area (Å²) in [5.74, 6) is -0.213. The van der Waals surface area contributed by atoms with Gasteiger partial charge >= 0.3 is 5.97 Å². The molecule has 0 bridgehead atoms. The molecule has 1 aromatic carbocycles. The molecule has 0 unspecified atom stereocenters. The van der Waals surface area contributed by atoms with Crippen molar-refractivity contribution in [2.75, 3.05) is 32.2 Å². The summed E-state index contributed by atoms with van der Waals surface area (Å²) in [6.07, 6.45) is 0. The number of methoxy groups -OCH3 is 1. The van der Waals surface area contributed by atoms with Gasteiger partial charge in [0.25, 0.3) is 0 Å². The molecule has 2 rings (SSSR count). The Hall–Kier alpha value is -1.07. The summed E-state index contributed by atoms with van der Waals surface area (Å²) < 4.78 is 11.0. The quantitative estimate of drug-likeness (QED) is 0.867. The summed E-state index contributed by atoms with van der Waals surface area (Å²) in [4.78, 5) is 11.7. The minimum Gasteiger partial charge on any atom is -0.468 e. The second-order valence-corrected chi connectivity index (χ2v) is 5.44. The molecule has 0 aromatic heterocycles. The van der Waals surface area contributed by atoms with Crippen molar-refractivity contribution >= 4 is 27.6 Å². The molecule has 1 fully saturated rings. The van der Waals surface area contributed by atoms with E-state index in [9.17, 15) is 4.79 Å². The van der Waals surface area contributed by atoms with Crippen molar-refractivity contribution in [1.82, 2.24) is 0 Å². The number of ether oxygens (including phenoxy) is 2. The molecule has 1 saturated heterocycles. The Balaban J connectivity index is 2.02. The second kappa shape index (κ2) is 5.28. The van der Waals surface area contributed by atoms with Crippen molar-refractivity contribution in [3.63, 3.8) is 0 Å². The lowest BCUT2D eigenvalue weighted by Crippen LogP contribution is -2.54. The number of esters is 1. The Morgan fingerprint density at radius 2 is 2.28 bits per heavy atom. The van der Waals surface area contributed by atoms with Gasteiger partial charge < -0.3 is 14.8 Å². The maximum Gasteiger partial charge on any atom is 0.318 e. The van der Waals surface area contributed by atoms with Crippen LogP contribution in [-0.2, 0) is 14.3 Å². The Morgan fingerprint density at radius 1 is 1.56 bits per heavy atom. The van der Waals surface area contributed by atoms with E-state index >= 15 is 0 Å². The zero-order chi connectivity index (χ0) is 13.2. The van der Waals surface area contributed by atoms with Gasteiger partial charge in [0.2, 0.25) is 0 Å². The number of carbonyl (C=O) groups is 1. The number of anilines is 1. The highest BCUT2D eigenvalue weighted by Gasteiger charge is 2.47.